The summed E-state index contributed by atoms with van der Waals surface area (Å²) in [4.78, 5) is 22.3. The first kappa shape index (κ1) is 25.3. The molecule has 0 saturated carbocycles. The lowest BCUT2D eigenvalue weighted by Crippen LogP contribution is -2.50. The van der Waals surface area contributed by atoms with Crippen LogP contribution in [0.2, 0.25) is 5.02 Å². The van der Waals surface area contributed by atoms with Crippen molar-refractivity contribution in [2.75, 3.05) is 39.4 Å². The van der Waals surface area contributed by atoms with Gasteiger partial charge in [-0.1, -0.05) is 29.8 Å². The quantitative estimate of drug-likeness (QED) is 0.451. The van der Waals surface area contributed by atoms with Gasteiger partial charge in [-0.2, -0.15) is 0 Å². The normalized spacial score (nSPS) is 20.2. The van der Waals surface area contributed by atoms with E-state index in [9.17, 15) is 4.79 Å². The zero-order valence-corrected chi connectivity index (χ0v) is 22.3. The summed E-state index contributed by atoms with van der Waals surface area (Å²) in [6.07, 6.45) is 8.46. The third-order valence-electron chi connectivity index (χ3n) is 7.79. The Bertz CT molecular complexity index is 1360. The molecule has 1 aromatic carbocycles. The molecule has 8 heteroatoms. The molecule has 1 aliphatic carbocycles. The molecule has 1 atom stereocenters. The molecule has 0 spiro atoms. The second-order valence-electron chi connectivity index (χ2n) is 10.3. The van der Waals surface area contributed by atoms with Gasteiger partial charge in [0.2, 0.25) is 0 Å². The van der Waals surface area contributed by atoms with E-state index in [0.29, 0.717) is 16.8 Å². The van der Waals surface area contributed by atoms with Crippen LogP contribution in [0.4, 0.5) is 0 Å². The number of aromatic nitrogens is 2. The van der Waals surface area contributed by atoms with Gasteiger partial charge in [0.05, 0.1) is 17.3 Å². The molecule has 4 heterocycles. The lowest BCUT2D eigenvalue weighted by Gasteiger charge is -2.37. The van der Waals surface area contributed by atoms with Gasteiger partial charge in [-0.15, -0.1) is 0 Å². The summed E-state index contributed by atoms with van der Waals surface area (Å²) >= 11 is 5.88. The largest absolute Gasteiger partial charge is 0.487 e. The molecular weight excluding hydrogens is 500 g/mol. The molecule has 2 fully saturated rings. The van der Waals surface area contributed by atoms with Crippen molar-refractivity contribution in [1.29, 1.82) is 0 Å². The topological polar surface area (TPSA) is 59.8 Å². The highest BCUT2D eigenvalue weighted by molar-refractivity contribution is 6.30. The average Bonchev–Trinajstić information content (AvgIpc) is 3.48. The van der Waals surface area contributed by atoms with Crippen molar-refractivity contribution in [3.05, 3.63) is 92.6 Å². The van der Waals surface area contributed by atoms with Gasteiger partial charge in [-0.25, -0.2) is 0 Å². The molecule has 0 bridgehead atoms. The van der Waals surface area contributed by atoms with E-state index in [2.05, 4.69) is 39.1 Å². The van der Waals surface area contributed by atoms with Gasteiger partial charge in [0.15, 0.2) is 0 Å². The predicted molar refractivity (Wildman–Crippen MR) is 149 cm³/mol. The molecule has 2 aliphatic heterocycles. The Morgan fingerprint density at radius 3 is 2.71 bits per heavy atom. The number of fused-ring (bicyclic) bond motifs is 1. The molecule has 0 unspecified atom stereocenters. The summed E-state index contributed by atoms with van der Waals surface area (Å²) in [5, 5.41) is 0.582. The SMILES string of the molecule is O=c1cc(OCc2ccc(Cl)cn2)ccn1C1=Cc2ccc(CN3CCN([C@@H]4CCOC4)CC3)cc2CC1. The van der Waals surface area contributed by atoms with Crippen LogP contribution in [-0.2, 0) is 24.3 Å². The molecule has 38 heavy (non-hydrogen) atoms. The smallest absolute Gasteiger partial charge is 0.258 e. The molecule has 3 aromatic rings. The number of aryl methyl sites for hydroxylation is 1. The third kappa shape index (κ3) is 5.86. The summed E-state index contributed by atoms with van der Waals surface area (Å²) in [5.74, 6) is 0.530. The van der Waals surface area contributed by atoms with E-state index in [4.69, 9.17) is 21.1 Å². The molecule has 3 aliphatic rings. The molecular formula is C30H33ClN4O3. The number of allylic oxidation sites excluding steroid dienone is 1. The predicted octanol–water partition coefficient (Wildman–Crippen LogP) is 4.33. The highest BCUT2D eigenvalue weighted by atomic mass is 35.5. The first-order valence-corrected chi connectivity index (χ1v) is 13.8. The zero-order chi connectivity index (χ0) is 25.9. The van der Waals surface area contributed by atoms with E-state index in [1.54, 1.807) is 23.0 Å². The molecule has 7 nitrogen and oxygen atoms in total. The Labute approximate surface area is 228 Å². The Morgan fingerprint density at radius 1 is 1.05 bits per heavy atom. The van der Waals surface area contributed by atoms with E-state index in [-0.39, 0.29) is 12.2 Å². The van der Waals surface area contributed by atoms with Crippen LogP contribution in [0.5, 0.6) is 5.75 Å². The second kappa shape index (κ2) is 11.4. The minimum absolute atomic E-state index is 0.0961. The van der Waals surface area contributed by atoms with E-state index in [1.165, 1.54) is 29.2 Å². The highest BCUT2D eigenvalue weighted by Crippen LogP contribution is 2.28. The Balaban J connectivity index is 1.07. The van der Waals surface area contributed by atoms with Crippen molar-refractivity contribution >= 4 is 23.4 Å². The van der Waals surface area contributed by atoms with Crippen LogP contribution in [0.3, 0.4) is 0 Å². The van der Waals surface area contributed by atoms with E-state index in [1.807, 2.05) is 12.1 Å². The highest BCUT2D eigenvalue weighted by Gasteiger charge is 2.26. The minimum Gasteiger partial charge on any atom is -0.487 e. The number of piperazine rings is 1. The monoisotopic (exact) mass is 532 g/mol. The summed E-state index contributed by atoms with van der Waals surface area (Å²) in [5.41, 5.74) is 5.59. The van der Waals surface area contributed by atoms with Gasteiger partial charge >= 0.3 is 0 Å². The maximum absolute atomic E-state index is 12.9. The number of halogens is 1. The van der Waals surface area contributed by atoms with Crippen molar-refractivity contribution in [2.24, 2.45) is 0 Å². The number of pyridine rings is 2. The van der Waals surface area contributed by atoms with Crippen LogP contribution in [-0.4, -0.2) is 64.8 Å². The third-order valence-corrected chi connectivity index (χ3v) is 8.01. The fourth-order valence-corrected chi connectivity index (χ4v) is 5.72. The van der Waals surface area contributed by atoms with Gasteiger partial charge in [0.1, 0.15) is 12.4 Å². The molecule has 198 valence electrons. The molecule has 2 saturated heterocycles. The molecule has 6 rings (SSSR count). The van der Waals surface area contributed by atoms with Crippen molar-refractivity contribution in [3.63, 3.8) is 0 Å². The summed E-state index contributed by atoms with van der Waals surface area (Å²) in [6.45, 7) is 7.55. The van der Waals surface area contributed by atoms with Gasteiger partial charge < -0.3 is 9.47 Å². The van der Waals surface area contributed by atoms with E-state index < -0.39 is 0 Å². The second-order valence-corrected chi connectivity index (χ2v) is 10.8. The molecule has 2 aromatic heterocycles. The number of hydrogen-bond donors (Lipinski definition) is 0. The fourth-order valence-electron chi connectivity index (χ4n) is 5.61. The molecule has 0 radical (unpaired) electrons. The number of rotatable bonds is 7. The Morgan fingerprint density at radius 2 is 1.95 bits per heavy atom. The van der Waals surface area contributed by atoms with Crippen LogP contribution in [0.15, 0.2) is 59.7 Å². The van der Waals surface area contributed by atoms with Gasteiger partial charge in [0.25, 0.3) is 5.56 Å². The summed E-state index contributed by atoms with van der Waals surface area (Å²) < 4.78 is 13.1. The lowest BCUT2D eigenvalue weighted by atomic mass is 9.93. The van der Waals surface area contributed by atoms with E-state index >= 15 is 0 Å². The first-order chi connectivity index (χ1) is 18.6. The maximum atomic E-state index is 12.9. The maximum Gasteiger partial charge on any atom is 0.258 e. The first-order valence-electron chi connectivity index (χ1n) is 13.4. The average molecular weight is 533 g/mol. The minimum atomic E-state index is -0.0961. The summed E-state index contributed by atoms with van der Waals surface area (Å²) in [6, 6.07) is 14.4. The number of benzene rings is 1. The standard InChI is InChI=1S/C30H33ClN4O3/c31-25-4-5-26(32-18-25)20-38-29-7-9-35(30(36)17-29)27-6-3-23-15-22(1-2-24(23)16-27)19-33-10-12-34(13-11-33)28-8-14-37-21-28/h1-2,4-5,7,9,15-18,28H,3,6,8,10-14,19-21H2/t28-/m1/s1. The van der Waals surface area contributed by atoms with Gasteiger partial charge in [-0.3, -0.25) is 24.1 Å². The van der Waals surface area contributed by atoms with Crippen LogP contribution in [0.25, 0.3) is 11.8 Å². The van der Waals surface area contributed by atoms with Crippen LogP contribution >= 0.6 is 11.6 Å². The lowest BCUT2D eigenvalue weighted by molar-refractivity contribution is 0.0814. The van der Waals surface area contributed by atoms with Crippen molar-refractivity contribution in [2.45, 2.75) is 38.5 Å². The Hall–Kier alpha value is -2.97. The van der Waals surface area contributed by atoms with Crippen LogP contribution in [0.1, 0.15) is 35.2 Å². The van der Waals surface area contributed by atoms with Gasteiger partial charge in [0, 0.05) is 69.5 Å². The fraction of sp³-hybridized carbons (Fsp3) is 0.400. The van der Waals surface area contributed by atoms with Crippen molar-refractivity contribution in [1.82, 2.24) is 19.4 Å². The molecule has 0 amide bonds. The Kier molecular flexibility index (Phi) is 7.60. The zero-order valence-electron chi connectivity index (χ0n) is 21.5. The van der Waals surface area contributed by atoms with Crippen LogP contribution < -0.4 is 10.3 Å². The van der Waals surface area contributed by atoms with Crippen molar-refractivity contribution < 1.29 is 9.47 Å². The summed E-state index contributed by atoms with van der Waals surface area (Å²) in [7, 11) is 0. The molecule has 0 N–H and O–H groups in total. The number of ether oxygens (including phenoxy) is 2. The number of hydrogen-bond acceptors (Lipinski definition) is 6. The number of nitrogens with zero attached hydrogens (tertiary/aromatic N) is 4. The van der Waals surface area contributed by atoms with Crippen molar-refractivity contribution in [3.8, 4) is 5.75 Å². The van der Waals surface area contributed by atoms with Gasteiger partial charge in [-0.05, 0) is 60.2 Å². The van der Waals surface area contributed by atoms with Crippen LogP contribution in [0, 0.1) is 0 Å². The van der Waals surface area contributed by atoms with E-state index in [0.717, 1.165) is 70.2 Å².